The summed E-state index contributed by atoms with van der Waals surface area (Å²) in [6.45, 7) is 1.96. The summed E-state index contributed by atoms with van der Waals surface area (Å²) in [6.07, 6.45) is 4.08. The number of anilines is 1. The maximum atomic E-state index is 11.6. The topological polar surface area (TPSA) is 54.3 Å². The molecule has 4 nitrogen and oxygen atoms in total. The third-order valence-electron chi connectivity index (χ3n) is 2.26. The van der Waals surface area contributed by atoms with E-state index in [-0.39, 0.29) is 12.1 Å². The lowest BCUT2D eigenvalue weighted by atomic mass is 10.1. The standard InChI is InChI=1S/C12H14N2O2S/c1-9(7-10-4-5-16-8-10)13-12(15)14-11-3-2-6-17-11/h2-6,8-9H,7H2,1H3,(H2,13,14,15)/t9-/m1/s1. The molecule has 0 aliphatic heterocycles. The number of hydrogen-bond acceptors (Lipinski definition) is 3. The molecule has 0 aliphatic carbocycles. The number of urea groups is 1. The molecule has 0 fully saturated rings. The Kier molecular flexibility index (Phi) is 3.82. The smallest absolute Gasteiger partial charge is 0.320 e. The van der Waals surface area contributed by atoms with Crippen molar-refractivity contribution in [2.24, 2.45) is 0 Å². The van der Waals surface area contributed by atoms with Gasteiger partial charge in [0.15, 0.2) is 0 Å². The van der Waals surface area contributed by atoms with Crippen LogP contribution >= 0.6 is 11.3 Å². The van der Waals surface area contributed by atoms with Gasteiger partial charge in [-0.15, -0.1) is 11.3 Å². The molecule has 0 bridgehead atoms. The average Bonchev–Trinajstić information content (AvgIpc) is 2.90. The maximum Gasteiger partial charge on any atom is 0.320 e. The van der Waals surface area contributed by atoms with E-state index in [1.54, 1.807) is 12.5 Å². The Bertz CT molecular complexity index is 451. The van der Waals surface area contributed by atoms with Crippen LogP contribution in [0.15, 0.2) is 40.5 Å². The minimum atomic E-state index is -0.177. The van der Waals surface area contributed by atoms with Gasteiger partial charge < -0.3 is 9.73 Å². The zero-order valence-corrected chi connectivity index (χ0v) is 10.3. The van der Waals surface area contributed by atoms with Crippen LogP contribution in [0.5, 0.6) is 0 Å². The second kappa shape index (κ2) is 5.54. The third kappa shape index (κ3) is 3.64. The van der Waals surface area contributed by atoms with E-state index < -0.39 is 0 Å². The Morgan fingerprint density at radius 1 is 1.53 bits per heavy atom. The molecule has 0 saturated carbocycles. The van der Waals surface area contributed by atoms with Crippen molar-refractivity contribution in [2.45, 2.75) is 19.4 Å². The molecule has 2 aromatic rings. The molecule has 2 rings (SSSR count). The first-order valence-corrected chi connectivity index (χ1v) is 6.24. The molecule has 2 N–H and O–H groups in total. The largest absolute Gasteiger partial charge is 0.472 e. The molecule has 0 aromatic carbocycles. The fourth-order valence-electron chi connectivity index (χ4n) is 1.53. The van der Waals surface area contributed by atoms with Gasteiger partial charge in [-0.2, -0.15) is 0 Å². The first kappa shape index (κ1) is 11.7. The minimum Gasteiger partial charge on any atom is -0.472 e. The van der Waals surface area contributed by atoms with Crippen molar-refractivity contribution in [3.63, 3.8) is 0 Å². The highest BCUT2D eigenvalue weighted by Crippen LogP contribution is 2.14. The van der Waals surface area contributed by atoms with Crippen molar-refractivity contribution in [2.75, 3.05) is 5.32 Å². The number of hydrogen-bond donors (Lipinski definition) is 2. The van der Waals surface area contributed by atoms with Gasteiger partial charge in [0.2, 0.25) is 0 Å². The van der Waals surface area contributed by atoms with Gasteiger partial charge in [-0.25, -0.2) is 4.79 Å². The van der Waals surface area contributed by atoms with Gasteiger partial charge in [0.05, 0.1) is 17.5 Å². The van der Waals surface area contributed by atoms with Crippen LogP contribution in [0.4, 0.5) is 9.80 Å². The van der Waals surface area contributed by atoms with Gasteiger partial charge in [0, 0.05) is 6.04 Å². The summed E-state index contributed by atoms with van der Waals surface area (Å²) in [5.74, 6) is 0. The Morgan fingerprint density at radius 3 is 3.06 bits per heavy atom. The molecular formula is C12H14N2O2S. The van der Waals surface area contributed by atoms with E-state index in [0.717, 1.165) is 17.0 Å². The lowest BCUT2D eigenvalue weighted by Crippen LogP contribution is -2.37. The van der Waals surface area contributed by atoms with E-state index in [1.165, 1.54) is 11.3 Å². The summed E-state index contributed by atoms with van der Waals surface area (Å²) >= 11 is 1.50. The Morgan fingerprint density at radius 2 is 2.41 bits per heavy atom. The molecule has 0 radical (unpaired) electrons. The van der Waals surface area contributed by atoms with Crippen molar-refractivity contribution < 1.29 is 9.21 Å². The van der Waals surface area contributed by atoms with E-state index in [4.69, 9.17) is 4.42 Å². The summed E-state index contributed by atoms with van der Waals surface area (Å²) in [7, 11) is 0. The summed E-state index contributed by atoms with van der Waals surface area (Å²) in [5.41, 5.74) is 1.08. The SMILES string of the molecule is C[C@H](Cc1ccoc1)NC(=O)Nc1cccs1. The number of furan rings is 1. The van der Waals surface area contributed by atoms with Crippen LogP contribution in [0, 0.1) is 0 Å². The van der Waals surface area contributed by atoms with Gasteiger partial charge in [0.25, 0.3) is 0 Å². The molecule has 2 amide bonds. The number of rotatable bonds is 4. The first-order valence-electron chi connectivity index (χ1n) is 5.36. The summed E-state index contributed by atoms with van der Waals surface area (Å²) in [6, 6.07) is 5.55. The summed E-state index contributed by atoms with van der Waals surface area (Å²) in [5, 5.41) is 8.42. The zero-order valence-electron chi connectivity index (χ0n) is 9.47. The Balaban J connectivity index is 1.78. The fourth-order valence-corrected chi connectivity index (χ4v) is 2.15. The van der Waals surface area contributed by atoms with Crippen molar-refractivity contribution in [1.82, 2.24) is 5.32 Å². The van der Waals surface area contributed by atoms with Crippen molar-refractivity contribution in [3.05, 3.63) is 41.7 Å². The lowest BCUT2D eigenvalue weighted by molar-refractivity contribution is 0.249. The van der Waals surface area contributed by atoms with Gasteiger partial charge in [0.1, 0.15) is 0 Å². The highest BCUT2D eigenvalue weighted by molar-refractivity contribution is 7.14. The minimum absolute atomic E-state index is 0.0626. The van der Waals surface area contributed by atoms with Crippen LogP contribution in [-0.2, 0) is 6.42 Å². The lowest BCUT2D eigenvalue weighted by Gasteiger charge is -2.12. The molecule has 5 heteroatoms. The van der Waals surface area contributed by atoms with Gasteiger partial charge >= 0.3 is 6.03 Å². The van der Waals surface area contributed by atoms with Gasteiger partial charge in [-0.1, -0.05) is 0 Å². The third-order valence-corrected chi connectivity index (χ3v) is 3.04. The second-order valence-corrected chi connectivity index (χ2v) is 4.76. The van der Waals surface area contributed by atoms with Gasteiger partial charge in [-0.05, 0) is 42.5 Å². The van der Waals surface area contributed by atoms with E-state index in [9.17, 15) is 4.79 Å². The highest BCUT2D eigenvalue weighted by Gasteiger charge is 2.09. The van der Waals surface area contributed by atoms with E-state index in [1.807, 2.05) is 30.5 Å². The average molecular weight is 250 g/mol. The predicted molar refractivity (Wildman–Crippen MR) is 68.3 cm³/mol. The number of carbonyl (C=O) groups is 1. The first-order chi connectivity index (χ1) is 8.24. The second-order valence-electron chi connectivity index (χ2n) is 3.81. The van der Waals surface area contributed by atoms with Crippen molar-refractivity contribution >= 4 is 22.4 Å². The van der Waals surface area contributed by atoms with Crippen LogP contribution < -0.4 is 10.6 Å². The van der Waals surface area contributed by atoms with Crippen molar-refractivity contribution in [3.8, 4) is 0 Å². The molecule has 0 saturated heterocycles. The van der Waals surface area contributed by atoms with Crippen LogP contribution in [0.1, 0.15) is 12.5 Å². The number of thiophene rings is 1. The maximum absolute atomic E-state index is 11.6. The van der Waals surface area contributed by atoms with E-state index in [0.29, 0.717) is 0 Å². The van der Waals surface area contributed by atoms with E-state index in [2.05, 4.69) is 10.6 Å². The van der Waals surface area contributed by atoms with Crippen LogP contribution in [-0.4, -0.2) is 12.1 Å². The summed E-state index contributed by atoms with van der Waals surface area (Å²) in [4.78, 5) is 11.6. The quantitative estimate of drug-likeness (QED) is 0.876. The molecule has 0 aliphatic rings. The van der Waals surface area contributed by atoms with Crippen molar-refractivity contribution in [1.29, 1.82) is 0 Å². The highest BCUT2D eigenvalue weighted by atomic mass is 32.1. The molecule has 1 atom stereocenters. The normalized spacial score (nSPS) is 12.1. The molecule has 17 heavy (non-hydrogen) atoms. The number of nitrogens with one attached hydrogen (secondary N) is 2. The van der Waals surface area contributed by atoms with Gasteiger partial charge in [-0.3, -0.25) is 5.32 Å². The van der Waals surface area contributed by atoms with E-state index >= 15 is 0 Å². The molecule has 90 valence electrons. The monoisotopic (exact) mass is 250 g/mol. The van der Waals surface area contributed by atoms with Crippen LogP contribution in [0.3, 0.4) is 0 Å². The van der Waals surface area contributed by atoms with Crippen LogP contribution in [0.25, 0.3) is 0 Å². The fraction of sp³-hybridized carbons (Fsp3) is 0.250. The van der Waals surface area contributed by atoms with Crippen LogP contribution in [0.2, 0.25) is 0 Å². The molecule has 2 aromatic heterocycles. The number of amides is 2. The number of carbonyl (C=O) groups excluding carboxylic acids is 1. The molecule has 0 spiro atoms. The molecular weight excluding hydrogens is 236 g/mol. The Hall–Kier alpha value is -1.75. The zero-order chi connectivity index (χ0) is 12.1. The predicted octanol–water partition coefficient (Wildman–Crippen LogP) is 3.09. The summed E-state index contributed by atoms with van der Waals surface area (Å²) < 4.78 is 4.98. The molecule has 0 unspecified atom stereocenters. The molecule has 2 heterocycles. The Labute approximate surface area is 104 Å².